The van der Waals surface area contributed by atoms with Crippen molar-refractivity contribution in [1.29, 1.82) is 0 Å². The van der Waals surface area contributed by atoms with Crippen LogP contribution in [0.3, 0.4) is 0 Å². The Morgan fingerprint density at radius 3 is 2.39 bits per heavy atom. The largest absolute Gasteiger partial charge is 0.378 e. The third kappa shape index (κ3) is 4.63. The molecule has 2 unspecified atom stereocenters. The number of aromatic nitrogens is 3. The molecule has 0 spiro atoms. The average Bonchev–Trinajstić information content (AvgIpc) is 2.98. The Bertz CT molecular complexity index is 682. The first kappa shape index (κ1) is 23.4. The zero-order chi connectivity index (χ0) is 19.7. The number of rotatable bonds is 5. The predicted molar refractivity (Wildman–Crippen MR) is 123 cm³/mol. The minimum absolute atomic E-state index is 0. The highest BCUT2D eigenvalue weighted by atomic mass is 127. The van der Waals surface area contributed by atoms with Crippen LogP contribution in [0, 0.1) is 12.3 Å². The molecular formula is C20H37IN6O. The fourth-order valence-corrected chi connectivity index (χ4v) is 4.20. The Hall–Kier alpha value is -0.900. The summed E-state index contributed by atoms with van der Waals surface area (Å²) < 4.78 is 7.77. The van der Waals surface area contributed by atoms with Crippen molar-refractivity contribution in [3.05, 3.63) is 11.6 Å². The van der Waals surface area contributed by atoms with Crippen molar-refractivity contribution >= 4 is 29.9 Å². The maximum atomic E-state index is 5.78. The van der Waals surface area contributed by atoms with Gasteiger partial charge >= 0.3 is 0 Å². The van der Waals surface area contributed by atoms with Crippen LogP contribution in [0.5, 0.6) is 0 Å². The van der Waals surface area contributed by atoms with Gasteiger partial charge in [-0.25, -0.2) is 4.99 Å². The van der Waals surface area contributed by atoms with Gasteiger partial charge in [0.05, 0.1) is 5.60 Å². The van der Waals surface area contributed by atoms with Gasteiger partial charge in [0.1, 0.15) is 12.4 Å². The molecule has 0 aromatic carbocycles. The zero-order valence-electron chi connectivity index (χ0n) is 18.2. The Morgan fingerprint density at radius 1 is 1.18 bits per heavy atom. The predicted octanol–water partition coefficient (Wildman–Crippen LogP) is 3.31. The maximum absolute atomic E-state index is 5.78. The molecule has 1 heterocycles. The summed E-state index contributed by atoms with van der Waals surface area (Å²) >= 11 is 0. The molecule has 1 aromatic heterocycles. The lowest BCUT2D eigenvalue weighted by atomic mass is 9.56. The van der Waals surface area contributed by atoms with Crippen LogP contribution < -0.4 is 10.6 Å². The van der Waals surface area contributed by atoms with Crippen LogP contribution >= 0.6 is 24.0 Å². The highest BCUT2D eigenvalue weighted by Crippen LogP contribution is 2.51. The topological polar surface area (TPSA) is 76.4 Å². The molecule has 0 amide bonds. The van der Waals surface area contributed by atoms with E-state index in [9.17, 15) is 0 Å². The molecule has 0 aliphatic heterocycles. The minimum Gasteiger partial charge on any atom is -0.378 e. The molecule has 2 fully saturated rings. The lowest BCUT2D eigenvalue weighted by Gasteiger charge is -2.59. The van der Waals surface area contributed by atoms with Crippen LogP contribution in [0.25, 0.3) is 0 Å². The van der Waals surface area contributed by atoms with Crippen molar-refractivity contribution in [3.8, 4) is 0 Å². The number of nitrogens with one attached hydrogen (secondary N) is 2. The van der Waals surface area contributed by atoms with E-state index >= 15 is 0 Å². The van der Waals surface area contributed by atoms with Gasteiger partial charge in [-0.15, -0.1) is 34.2 Å². The van der Waals surface area contributed by atoms with E-state index in [1.165, 1.54) is 32.1 Å². The van der Waals surface area contributed by atoms with Crippen molar-refractivity contribution in [2.24, 2.45) is 17.5 Å². The number of methoxy groups -OCH3 is 1. The van der Waals surface area contributed by atoms with Crippen molar-refractivity contribution in [3.63, 3.8) is 0 Å². The normalized spacial score (nSPS) is 27.6. The smallest absolute Gasteiger partial charge is 0.192 e. The molecule has 7 nitrogen and oxygen atoms in total. The first-order chi connectivity index (χ1) is 12.8. The Labute approximate surface area is 186 Å². The number of aryl methyl sites for hydroxylation is 1. The Balaban J connectivity index is 0.00000280. The van der Waals surface area contributed by atoms with Crippen molar-refractivity contribution < 1.29 is 4.74 Å². The van der Waals surface area contributed by atoms with E-state index in [1.807, 2.05) is 25.6 Å². The molecule has 2 atom stereocenters. The van der Waals surface area contributed by atoms with Gasteiger partial charge in [-0.2, -0.15) is 0 Å². The van der Waals surface area contributed by atoms with E-state index in [4.69, 9.17) is 9.73 Å². The Kier molecular flexibility index (Phi) is 7.75. The van der Waals surface area contributed by atoms with Gasteiger partial charge in [0.2, 0.25) is 0 Å². The summed E-state index contributed by atoms with van der Waals surface area (Å²) in [5, 5.41) is 15.7. The van der Waals surface area contributed by atoms with E-state index in [-0.39, 0.29) is 35.0 Å². The van der Waals surface area contributed by atoms with Gasteiger partial charge < -0.3 is 19.9 Å². The number of ether oxygens (including phenoxy) is 1. The van der Waals surface area contributed by atoms with E-state index in [0.29, 0.717) is 18.6 Å². The van der Waals surface area contributed by atoms with Crippen LogP contribution in [0.2, 0.25) is 0 Å². The third-order valence-corrected chi connectivity index (χ3v) is 7.10. The Morgan fingerprint density at radius 2 is 1.86 bits per heavy atom. The van der Waals surface area contributed by atoms with Crippen molar-refractivity contribution in [1.82, 2.24) is 25.4 Å². The lowest BCUT2D eigenvalue weighted by molar-refractivity contribution is -0.176. The molecule has 0 saturated heterocycles. The molecule has 1 aromatic rings. The molecular weight excluding hydrogens is 467 g/mol. The van der Waals surface area contributed by atoms with Gasteiger partial charge in [-0.1, -0.05) is 33.1 Å². The zero-order valence-corrected chi connectivity index (χ0v) is 20.5. The van der Waals surface area contributed by atoms with E-state index in [1.54, 1.807) is 0 Å². The SMILES string of the molecule is COC1(C)CC(NC(=NCc2nnc(C)n2C)NC2CCCCC2)C1(C)C.I. The van der Waals surface area contributed by atoms with Crippen molar-refractivity contribution in [2.75, 3.05) is 7.11 Å². The lowest BCUT2D eigenvalue weighted by Crippen LogP contribution is -2.69. The van der Waals surface area contributed by atoms with Crippen LogP contribution in [0.1, 0.15) is 70.9 Å². The number of nitrogens with zero attached hydrogens (tertiary/aromatic N) is 4. The number of aliphatic imine (C=N–C) groups is 1. The molecule has 0 bridgehead atoms. The number of hydrogen-bond acceptors (Lipinski definition) is 4. The minimum atomic E-state index is -0.0959. The summed E-state index contributed by atoms with van der Waals surface area (Å²) in [6.07, 6.45) is 7.35. The fourth-order valence-electron chi connectivity index (χ4n) is 4.20. The first-order valence-electron chi connectivity index (χ1n) is 10.2. The molecule has 28 heavy (non-hydrogen) atoms. The molecule has 3 rings (SSSR count). The summed E-state index contributed by atoms with van der Waals surface area (Å²) in [7, 11) is 3.80. The van der Waals surface area contributed by atoms with Crippen molar-refractivity contribution in [2.45, 2.75) is 90.4 Å². The highest BCUT2D eigenvalue weighted by molar-refractivity contribution is 14.0. The fraction of sp³-hybridized carbons (Fsp3) is 0.850. The molecule has 2 aliphatic carbocycles. The monoisotopic (exact) mass is 504 g/mol. The highest BCUT2D eigenvalue weighted by Gasteiger charge is 2.58. The number of guanidine groups is 1. The third-order valence-electron chi connectivity index (χ3n) is 7.10. The molecule has 160 valence electrons. The molecule has 8 heteroatoms. The first-order valence-corrected chi connectivity index (χ1v) is 10.2. The summed E-state index contributed by atoms with van der Waals surface area (Å²) in [5.74, 6) is 2.68. The van der Waals surface area contributed by atoms with Gasteiger partial charge in [-0.3, -0.25) is 0 Å². The summed E-state index contributed by atoms with van der Waals surface area (Å²) in [6, 6.07) is 0.835. The van der Waals surface area contributed by atoms with Gasteiger partial charge in [0, 0.05) is 31.7 Å². The van der Waals surface area contributed by atoms with Crippen LogP contribution in [-0.4, -0.2) is 45.5 Å². The van der Waals surface area contributed by atoms with E-state index < -0.39 is 0 Å². The quantitative estimate of drug-likeness (QED) is 0.366. The second-order valence-electron chi connectivity index (χ2n) is 8.92. The number of halogens is 1. The molecule has 2 saturated carbocycles. The maximum Gasteiger partial charge on any atom is 0.192 e. The van der Waals surface area contributed by atoms with Crippen LogP contribution in [0.15, 0.2) is 4.99 Å². The van der Waals surface area contributed by atoms with E-state index in [0.717, 1.165) is 24.0 Å². The summed E-state index contributed by atoms with van der Waals surface area (Å²) in [6.45, 7) is 9.21. The van der Waals surface area contributed by atoms with Crippen LogP contribution in [0.4, 0.5) is 0 Å². The average molecular weight is 504 g/mol. The van der Waals surface area contributed by atoms with Crippen LogP contribution in [-0.2, 0) is 18.3 Å². The standard InChI is InChI=1S/C20H36N6O.HI/c1-14-24-25-17(26(14)5)13-21-18(22-15-10-8-7-9-11-15)23-16-12-20(4,27-6)19(16,2)3;/h15-16H,7-13H2,1-6H3,(H2,21,22,23);1H. The van der Waals surface area contributed by atoms with Gasteiger partial charge in [0.15, 0.2) is 11.8 Å². The second kappa shape index (κ2) is 9.28. The summed E-state index contributed by atoms with van der Waals surface area (Å²) in [4.78, 5) is 4.85. The second-order valence-corrected chi connectivity index (χ2v) is 8.92. The summed E-state index contributed by atoms with van der Waals surface area (Å²) in [5.41, 5.74) is -0.0561. The van der Waals surface area contributed by atoms with Gasteiger partial charge in [0.25, 0.3) is 0 Å². The number of hydrogen-bond donors (Lipinski definition) is 2. The molecule has 2 N–H and O–H groups in total. The molecule has 2 aliphatic rings. The van der Waals surface area contributed by atoms with E-state index in [2.05, 4.69) is 41.6 Å². The molecule has 0 radical (unpaired) electrons. The van der Waals surface area contributed by atoms with Gasteiger partial charge in [-0.05, 0) is 33.1 Å².